The smallest absolute Gasteiger partial charge is 0.407 e. The molecule has 3 aromatic carbocycles. The van der Waals surface area contributed by atoms with Crippen molar-refractivity contribution in [2.75, 3.05) is 12.4 Å². The first kappa shape index (κ1) is 28.9. The maximum absolute atomic E-state index is 13.7. The maximum Gasteiger partial charge on any atom is 0.407 e. The molecule has 1 atom stereocenters. The number of ether oxygens (including phenoxy) is 2. The zero-order valence-electron chi connectivity index (χ0n) is 22.3. The molecule has 0 saturated heterocycles. The first-order valence-corrected chi connectivity index (χ1v) is 16.0. The number of amides is 1. The summed E-state index contributed by atoms with van der Waals surface area (Å²) in [5.74, 6) is 0.0134. The molecule has 1 amide bonds. The van der Waals surface area contributed by atoms with Gasteiger partial charge in [-0.1, -0.05) is 48.5 Å². The zero-order chi connectivity index (χ0) is 28.3. The van der Waals surface area contributed by atoms with Crippen molar-refractivity contribution in [2.24, 2.45) is 0 Å². The molecule has 1 aliphatic rings. The first-order chi connectivity index (χ1) is 18.4. The Kier molecular flexibility index (Phi) is 8.60. The minimum atomic E-state index is -3.99. The van der Waals surface area contributed by atoms with E-state index in [1.54, 1.807) is 45.0 Å². The molecule has 39 heavy (non-hydrogen) atoms. The van der Waals surface area contributed by atoms with Crippen molar-refractivity contribution in [1.82, 2.24) is 5.32 Å². The van der Waals surface area contributed by atoms with Crippen LogP contribution in [0.4, 0.5) is 4.79 Å². The number of carbonyl (C=O) groups excluding carboxylic acids is 1. The quantitative estimate of drug-likeness (QED) is 0.255. The molecule has 3 aromatic rings. The van der Waals surface area contributed by atoms with Crippen molar-refractivity contribution in [3.05, 3.63) is 89.5 Å². The highest BCUT2D eigenvalue weighted by atomic mass is 32.3. The molecule has 0 aromatic heterocycles. The van der Waals surface area contributed by atoms with Gasteiger partial charge in [0.15, 0.2) is 9.84 Å². The van der Waals surface area contributed by atoms with Crippen LogP contribution >= 0.6 is 10.6 Å². The molecule has 1 aliphatic heterocycles. The van der Waals surface area contributed by atoms with Gasteiger partial charge in [-0.2, -0.15) is 10.6 Å². The van der Waals surface area contributed by atoms with E-state index >= 15 is 0 Å². The van der Waals surface area contributed by atoms with Crippen molar-refractivity contribution >= 4 is 26.5 Å². The number of nitrogens with one attached hydrogen (secondary N) is 1. The molecule has 10 heteroatoms. The number of hydrogen-bond acceptors (Lipinski definition) is 7. The topological polar surface area (TPSA) is 122 Å². The number of aryl methyl sites for hydroxylation is 1. The number of carbonyl (C=O) groups is 1. The lowest BCUT2D eigenvalue weighted by molar-refractivity contribution is 0.0523. The first-order valence-electron chi connectivity index (χ1n) is 12.7. The summed E-state index contributed by atoms with van der Waals surface area (Å²) in [7, 11) is -7.38. The minimum Gasteiger partial charge on any atom is -0.493 e. The highest BCUT2D eigenvalue weighted by Crippen LogP contribution is 2.63. The number of hydrogen-bond donors (Lipinski definition) is 3. The number of rotatable bonds is 9. The Balaban J connectivity index is 1.68. The fraction of sp³-hybridized carbons (Fsp3) is 0.345. The molecule has 0 spiro atoms. The van der Waals surface area contributed by atoms with Gasteiger partial charge in [-0.3, -0.25) is 9.11 Å². The Hall–Kier alpha value is -3.05. The van der Waals surface area contributed by atoms with Crippen molar-refractivity contribution in [3.8, 4) is 5.75 Å². The fourth-order valence-corrected chi connectivity index (χ4v) is 9.04. The van der Waals surface area contributed by atoms with E-state index in [4.69, 9.17) is 9.47 Å². The van der Waals surface area contributed by atoms with Gasteiger partial charge in [0, 0.05) is 11.1 Å². The third kappa shape index (κ3) is 6.94. The molecule has 0 fully saturated rings. The van der Waals surface area contributed by atoms with E-state index < -0.39 is 37.4 Å². The Bertz CT molecular complexity index is 1400. The number of alkyl carbamates (subject to hydrolysis) is 1. The van der Waals surface area contributed by atoms with Crippen LogP contribution in [0.5, 0.6) is 5.75 Å². The van der Waals surface area contributed by atoms with Crippen LogP contribution in [0, 0.1) is 0 Å². The van der Waals surface area contributed by atoms with Crippen LogP contribution in [-0.2, 0) is 27.5 Å². The van der Waals surface area contributed by atoms with Crippen molar-refractivity contribution in [2.45, 2.75) is 60.8 Å². The normalized spacial score (nSPS) is 17.2. The summed E-state index contributed by atoms with van der Waals surface area (Å²) in [5.41, 5.74) is 1.09. The number of benzene rings is 3. The van der Waals surface area contributed by atoms with Gasteiger partial charge in [-0.25, -0.2) is 13.2 Å². The molecular formula is C29H35NO7S2. The van der Waals surface area contributed by atoms with Gasteiger partial charge in [0.25, 0.3) is 0 Å². The third-order valence-corrected chi connectivity index (χ3v) is 10.4. The molecule has 0 aliphatic carbocycles. The number of sulfone groups is 1. The van der Waals surface area contributed by atoms with E-state index in [9.17, 15) is 22.3 Å². The van der Waals surface area contributed by atoms with E-state index in [1.807, 2.05) is 30.3 Å². The molecule has 8 nitrogen and oxygen atoms in total. The molecule has 1 unspecified atom stereocenters. The van der Waals surface area contributed by atoms with Gasteiger partial charge >= 0.3 is 6.09 Å². The summed E-state index contributed by atoms with van der Waals surface area (Å²) >= 11 is 0. The van der Waals surface area contributed by atoms with Crippen LogP contribution in [0.15, 0.2) is 82.6 Å². The van der Waals surface area contributed by atoms with Crippen LogP contribution in [0.3, 0.4) is 0 Å². The molecule has 0 saturated carbocycles. The highest BCUT2D eigenvalue weighted by Gasteiger charge is 2.45. The zero-order valence-corrected chi connectivity index (χ0v) is 23.9. The SMILES string of the molecule is CC(C)(C)OC(=O)NCc1c(OCCCc2ccccc2)ccc2c1C(S(=O)(=O)c1ccccc1)CS2(O)O. The highest BCUT2D eigenvalue weighted by molar-refractivity contribution is 8.25. The molecular weight excluding hydrogens is 538 g/mol. The Morgan fingerprint density at radius 1 is 1.00 bits per heavy atom. The lowest BCUT2D eigenvalue weighted by Crippen LogP contribution is -2.32. The predicted molar refractivity (Wildman–Crippen MR) is 152 cm³/mol. The molecule has 210 valence electrons. The van der Waals surface area contributed by atoms with Gasteiger partial charge in [0.05, 0.1) is 28.7 Å². The predicted octanol–water partition coefficient (Wildman–Crippen LogP) is 6.36. The molecule has 0 bridgehead atoms. The monoisotopic (exact) mass is 573 g/mol. The summed E-state index contributed by atoms with van der Waals surface area (Å²) in [5, 5.41) is 1.47. The van der Waals surface area contributed by atoms with Gasteiger partial charge in [0.2, 0.25) is 0 Å². The van der Waals surface area contributed by atoms with Crippen LogP contribution in [0.1, 0.15) is 49.1 Å². The summed E-state index contributed by atoms with van der Waals surface area (Å²) in [6, 6.07) is 21.1. The summed E-state index contributed by atoms with van der Waals surface area (Å²) in [4.78, 5) is 12.7. The van der Waals surface area contributed by atoms with Gasteiger partial charge in [0.1, 0.15) is 16.6 Å². The lowest BCUT2D eigenvalue weighted by Gasteiger charge is -2.28. The van der Waals surface area contributed by atoms with Gasteiger partial charge < -0.3 is 14.8 Å². The Morgan fingerprint density at radius 2 is 1.64 bits per heavy atom. The largest absolute Gasteiger partial charge is 0.493 e. The Morgan fingerprint density at radius 3 is 2.28 bits per heavy atom. The Labute approximate surface area is 231 Å². The minimum absolute atomic E-state index is 0.0817. The second kappa shape index (κ2) is 11.6. The van der Waals surface area contributed by atoms with Gasteiger partial charge in [-0.05, 0) is 63.4 Å². The standard InChI is InChI=1S/C29H35NO7S2/c1-29(2,3)37-28(31)30-19-23-24(36-18-10-13-21-11-6-4-7-12-21)16-17-25-27(23)26(20-38(25,32)33)39(34,35)22-14-8-5-9-15-22/h4-9,11-12,14-17,26,32-33H,10,13,18-20H2,1-3H3,(H,30,31). The molecule has 4 rings (SSSR count). The summed E-state index contributed by atoms with van der Waals surface area (Å²) in [6.45, 7) is 5.46. The average molecular weight is 574 g/mol. The van der Waals surface area contributed by atoms with Crippen LogP contribution in [0.25, 0.3) is 0 Å². The van der Waals surface area contributed by atoms with E-state index in [1.165, 1.54) is 23.8 Å². The average Bonchev–Trinajstić information content (AvgIpc) is 3.17. The maximum atomic E-state index is 13.7. The van der Waals surface area contributed by atoms with E-state index in [0.717, 1.165) is 6.42 Å². The fourth-order valence-electron chi connectivity index (χ4n) is 4.56. The molecule has 0 radical (unpaired) electrons. The van der Waals surface area contributed by atoms with Gasteiger partial charge in [-0.15, -0.1) is 0 Å². The van der Waals surface area contributed by atoms with Crippen LogP contribution in [0.2, 0.25) is 0 Å². The van der Waals surface area contributed by atoms with E-state index in [-0.39, 0.29) is 27.7 Å². The second-order valence-corrected chi connectivity index (χ2v) is 14.7. The molecule has 1 heterocycles. The second-order valence-electron chi connectivity index (χ2n) is 10.4. The van der Waals surface area contributed by atoms with Crippen molar-refractivity contribution in [1.29, 1.82) is 0 Å². The van der Waals surface area contributed by atoms with E-state index in [2.05, 4.69) is 5.32 Å². The van der Waals surface area contributed by atoms with Crippen LogP contribution < -0.4 is 10.1 Å². The number of fused-ring (bicyclic) bond motifs is 1. The lowest BCUT2D eigenvalue weighted by atomic mass is 10.0. The summed E-state index contributed by atoms with van der Waals surface area (Å²) in [6.07, 6.45) is 0.825. The van der Waals surface area contributed by atoms with Crippen molar-refractivity contribution < 1.29 is 31.8 Å². The van der Waals surface area contributed by atoms with E-state index in [0.29, 0.717) is 24.3 Å². The molecule has 3 N–H and O–H groups in total. The summed E-state index contributed by atoms with van der Waals surface area (Å²) < 4.78 is 60.8. The van der Waals surface area contributed by atoms with Crippen molar-refractivity contribution in [3.63, 3.8) is 0 Å². The van der Waals surface area contributed by atoms with Crippen LogP contribution in [-0.4, -0.2) is 41.6 Å². The third-order valence-electron chi connectivity index (χ3n) is 6.30.